The number of hydrogen-bond donors (Lipinski definition) is 0. The maximum Gasteiger partial charge on any atom is 0.222 e. The number of ether oxygens (including phenoxy) is 1. The van der Waals surface area contributed by atoms with Crippen molar-refractivity contribution in [2.24, 2.45) is 5.92 Å². The average molecular weight is 286 g/mol. The molecule has 4 nitrogen and oxygen atoms in total. The van der Waals surface area contributed by atoms with Gasteiger partial charge >= 0.3 is 0 Å². The van der Waals surface area contributed by atoms with Crippen LogP contribution in [0.25, 0.3) is 0 Å². The molecule has 1 aromatic carbocycles. The van der Waals surface area contributed by atoms with Crippen molar-refractivity contribution in [3.8, 4) is 11.8 Å². The van der Waals surface area contributed by atoms with Crippen molar-refractivity contribution in [1.29, 1.82) is 5.26 Å². The molecule has 0 N–H and O–H groups in total. The minimum atomic E-state index is 0.269. The summed E-state index contributed by atoms with van der Waals surface area (Å²) in [6.45, 7) is 4.32. The Labute approximate surface area is 126 Å². The molecule has 1 aliphatic heterocycles. The van der Waals surface area contributed by atoms with Crippen LogP contribution in [0.4, 0.5) is 0 Å². The Morgan fingerprint density at radius 1 is 1.43 bits per heavy atom. The lowest BCUT2D eigenvalue weighted by Gasteiger charge is -2.16. The lowest BCUT2D eigenvalue weighted by atomic mass is 10.0. The van der Waals surface area contributed by atoms with Crippen LogP contribution in [0.5, 0.6) is 5.75 Å². The minimum absolute atomic E-state index is 0.269. The number of nitriles is 1. The van der Waals surface area contributed by atoms with Gasteiger partial charge in [-0.15, -0.1) is 0 Å². The first-order valence-electron chi connectivity index (χ1n) is 7.64. The second-order valence-electron chi connectivity index (χ2n) is 5.51. The van der Waals surface area contributed by atoms with E-state index in [1.54, 1.807) is 12.1 Å². The summed E-state index contributed by atoms with van der Waals surface area (Å²) < 4.78 is 5.64. The molecule has 1 amide bonds. The van der Waals surface area contributed by atoms with Gasteiger partial charge < -0.3 is 9.64 Å². The Morgan fingerprint density at radius 2 is 2.24 bits per heavy atom. The molecule has 1 saturated heterocycles. The zero-order chi connectivity index (χ0) is 15.1. The number of amides is 1. The molecule has 0 aliphatic carbocycles. The molecule has 0 aromatic heterocycles. The Hall–Kier alpha value is -2.02. The third-order valence-corrected chi connectivity index (χ3v) is 3.83. The molecule has 1 unspecified atom stereocenters. The third kappa shape index (κ3) is 4.22. The van der Waals surface area contributed by atoms with Crippen LogP contribution in [0.1, 0.15) is 38.2 Å². The van der Waals surface area contributed by atoms with Crippen molar-refractivity contribution in [2.75, 3.05) is 19.7 Å². The largest absolute Gasteiger partial charge is 0.492 e. The van der Waals surface area contributed by atoms with E-state index in [2.05, 4.69) is 13.0 Å². The summed E-state index contributed by atoms with van der Waals surface area (Å²) in [4.78, 5) is 13.8. The summed E-state index contributed by atoms with van der Waals surface area (Å²) in [6.07, 6.45) is 3.77. The van der Waals surface area contributed by atoms with E-state index < -0.39 is 0 Å². The normalized spacial score (nSPS) is 17.8. The van der Waals surface area contributed by atoms with Gasteiger partial charge in [-0.05, 0) is 30.9 Å². The topological polar surface area (TPSA) is 53.3 Å². The standard InChI is InChI=1S/C17H22N2O2/c1-2-6-14-11-17(20)19(13-14)9-5-10-21-16-8-4-3-7-15(16)12-18/h3-4,7-8,14H,2,5-6,9-11,13H2,1H3. The van der Waals surface area contributed by atoms with E-state index in [1.807, 2.05) is 17.0 Å². The summed E-state index contributed by atoms with van der Waals surface area (Å²) in [5.74, 6) is 1.42. The van der Waals surface area contributed by atoms with Crippen LogP contribution in [0.2, 0.25) is 0 Å². The predicted molar refractivity (Wildman–Crippen MR) is 80.9 cm³/mol. The number of hydrogen-bond acceptors (Lipinski definition) is 3. The molecule has 0 spiro atoms. The Morgan fingerprint density at radius 3 is 3.00 bits per heavy atom. The van der Waals surface area contributed by atoms with Crippen LogP contribution in [-0.2, 0) is 4.79 Å². The quantitative estimate of drug-likeness (QED) is 0.724. The number of nitrogens with zero attached hydrogens (tertiary/aromatic N) is 2. The fraction of sp³-hybridized carbons (Fsp3) is 0.529. The number of carbonyl (C=O) groups is 1. The molecular formula is C17H22N2O2. The summed E-state index contributed by atoms with van der Waals surface area (Å²) >= 11 is 0. The molecule has 0 radical (unpaired) electrons. The van der Waals surface area contributed by atoms with Crippen molar-refractivity contribution in [3.63, 3.8) is 0 Å². The molecular weight excluding hydrogens is 264 g/mol. The van der Waals surface area contributed by atoms with Crippen LogP contribution in [0.3, 0.4) is 0 Å². The second kappa shape index (κ2) is 7.68. The fourth-order valence-corrected chi connectivity index (χ4v) is 2.79. The molecule has 4 heteroatoms. The van der Waals surface area contributed by atoms with Gasteiger partial charge in [-0.2, -0.15) is 5.26 Å². The maximum atomic E-state index is 11.9. The highest BCUT2D eigenvalue weighted by Gasteiger charge is 2.28. The van der Waals surface area contributed by atoms with Gasteiger partial charge in [0.15, 0.2) is 0 Å². The van der Waals surface area contributed by atoms with E-state index in [-0.39, 0.29) is 5.91 Å². The fourth-order valence-electron chi connectivity index (χ4n) is 2.79. The van der Waals surface area contributed by atoms with E-state index in [9.17, 15) is 4.79 Å². The van der Waals surface area contributed by atoms with Gasteiger partial charge in [0.05, 0.1) is 12.2 Å². The molecule has 2 rings (SSSR count). The highest BCUT2D eigenvalue weighted by molar-refractivity contribution is 5.78. The smallest absolute Gasteiger partial charge is 0.222 e. The molecule has 1 heterocycles. The van der Waals surface area contributed by atoms with Crippen molar-refractivity contribution in [2.45, 2.75) is 32.6 Å². The highest BCUT2D eigenvalue weighted by atomic mass is 16.5. The number of rotatable bonds is 7. The van der Waals surface area contributed by atoms with Crippen LogP contribution in [-0.4, -0.2) is 30.5 Å². The van der Waals surface area contributed by atoms with E-state index in [0.717, 1.165) is 32.4 Å². The first kappa shape index (κ1) is 15.4. The Kier molecular flexibility index (Phi) is 5.62. The van der Waals surface area contributed by atoms with Crippen molar-refractivity contribution in [1.82, 2.24) is 4.90 Å². The van der Waals surface area contributed by atoms with Gasteiger partial charge in [-0.25, -0.2) is 0 Å². The Bertz CT molecular complexity index is 522. The van der Waals surface area contributed by atoms with Crippen LogP contribution in [0.15, 0.2) is 24.3 Å². The zero-order valence-corrected chi connectivity index (χ0v) is 12.5. The van der Waals surface area contributed by atoms with Gasteiger partial charge in [0.1, 0.15) is 11.8 Å². The van der Waals surface area contributed by atoms with E-state index >= 15 is 0 Å². The molecule has 0 bridgehead atoms. The van der Waals surface area contributed by atoms with E-state index in [0.29, 0.717) is 30.3 Å². The number of benzene rings is 1. The Balaban J connectivity index is 1.73. The van der Waals surface area contributed by atoms with Crippen molar-refractivity contribution < 1.29 is 9.53 Å². The summed E-state index contributed by atoms with van der Waals surface area (Å²) in [6, 6.07) is 9.34. The lowest BCUT2D eigenvalue weighted by molar-refractivity contribution is -0.127. The van der Waals surface area contributed by atoms with Crippen LogP contribution < -0.4 is 4.74 Å². The molecule has 1 fully saturated rings. The number of carbonyl (C=O) groups excluding carboxylic acids is 1. The number of para-hydroxylation sites is 1. The SMILES string of the molecule is CCCC1CC(=O)N(CCCOc2ccccc2C#N)C1. The molecule has 1 atom stereocenters. The monoisotopic (exact) mass is 286 g/mol. The first-order chi connectivity index (χ1) is 10.2. The van der Waals surface area contributed by atoms with Gasteiger partial charge in [0, 0.05) is 19.5 Å². The van der Waals surface area contributed by atoms with E-state index in [4.69, 9.17) is 10.00 Å². The average Bonchev–Trinajstić information content (AvgIpc) is 2.84. The molecule has 0 saturated carbocycles. The second-order valence-corrected chi connectivity index (χ2v) is 5.51. The van der Waals surface area contributed by atoms with Crippen LogP contribution >= 0.6 is 0 Å². The maximum absolute atomic E-state index is 11.9. The van der Waals surface area contributed by atoms with Gasteiger partial charge in [-0.3, -0.25) is 4.79 Å². The van der Waals surface area contributed by atoms with Crippen molar-refractivity contribution in [3.05, 3.63) is 29.8 Å². The van der Waals surface area contributed by atoms with Crippen LogP contribution in [0, 0.1) is 17.2 Å². The molecule has 21 heavy (non-hydrogen) atoms. The van der Waals surface area contributed by atoms with Crippen molar-refractivity contribution >= 4 is 5.91 Å². The predicted octanol–water partition coefficient (Wildman–Crippen LogP) is 2.98. The van der Waals surface area contributed by atoms with Gasteiger partial charge in [-0.1, -0.05) is 25.5 Å². The summed E-state index contributed by atoms with van der Waals surface area (Å²) in [5.41, 5.74) is 0.553. The third-order valence-electron chi connectivity index (χ3n) is 3.83. The minimum Gasteiger partial charge on any atom is -0.492 e. The first-order valence-corrected chi connectivity index (χ1v) is 7.64. The lowest BCUT2D eigenvalue weighted by Crippen LogP contribution is -2.27. The van der Waals surface area contributed by atoms with Gasteiger partial charge in [0.2, 0.25) is 5.91 Å². The number of likely N-dealkylation sites (tertiary alicyclic amines) is 1. The van der Waals surface area contributed by atoms with Gasteiger partial charge in [0.25, 0.3) is 0 Å². The molecule has 1 aromatic rings. The molecule has 1 aliphatic rings. The summed E-state index contributed by atoms with van der Waals surface area (Å²) in [5, 5.41) is 8.98. The zero-order valence-electron chi connectivity index (χ0n) is 12.5. The molecule has 112 valence electrons. The van der Waals surface area contributed by atoms with E-state index in [1.165, 1.54) is 0 Å². The highest BCUT2D eigenvalue weighted by Crippen LogP contribution is 2.22. The summed E-state index contributed by atoms with van der Waals surface area (Å²) in [7, 11) is 0.